The van der Waals surface area contributed by atoms with Gasteiger partial charge in [-0.1, -0.05) is 0 Å². The maximum absolute atomic E-state index is 12.9. The van der Waals surface area contributed by atoms with E-state index in [0.29, 0.717) is 11.3 Å². The number of anilines is 1. The van der Waals surface area contributed by atoms with Crippen LogP contribution in [0.15, 0.2) is 41.1 Å². The van der Waals surface area contributed by atoms with Gasteiger partial charge in [0.2, 0.25) is 0 Å². The maximum atomic E-state index is 12.9. The molecule has 1 aromatic carbocycles. The van der Waals surface area contributed by atoms with Crippen molar-refractivity contribution in [2.24, 2.45) is 0 Å². The summed E-state index contributed by atoms with van der Waals surface area (Å²) in [6.07, 6.45) is 1.51. The third-order valence-corrected chi connectivity index (χ3v) is 4.92. The van der Waals surface area contributed by atoms with Gasteiger partial charge in [-0.3, -0.25) is 10.1 Å². The Hall–Kier alpha value is -2.34. The average Bonchev–Trinajstić information content (AvgIpc) is 3.24. The molecular weight excluding hydrogens is 348 g/mol. The van der Waals surface area contributed by atoms with Crippen LogP contribution in [0, 0.1) is 0 Å². The molecule has 1 aliphatic heterocycles. The Morgan fingerprint density at radius 3 is 2.54 bits per heavy atom. The molecule has 5 nitrogen and oxygen atoms in total. The van der Waals surface area contributed by atoms with Crippen molar-refractivity contribution in [3.8, 4) is 0 Å². The van der Waals surface area contributed by atoms with Gasteiger partial charge in [0.25, 0.3) is 5.91 Å². The van der Waals surface area contributed by atoms with E-state index in [0.717, 1.165) is 19.4 Å². The Bertz CT molecular complexity index is 763. The van der Waals surface area contributed by atoms with Gasteiger partial charge in [0, 0.05) is 17.8 Å². The molecule has 26 heavy (non-hydrogen) atoms. The van der Waals surface area contributed by atoms with Crippen LogP contribution in [-0.2, 0) is 4.74 Å². The highest BCUT2D eigenvalue weighted by molar-refractivity contribution is 7.08. The van der Waals surface area contributed by atoms with Crippen molar-refractivity contribution in [2.45, 2.75) is 45.3 Å². The average molecular weight is 372 g/mol. The monoisotopic (exact) mass is 372 g/mol. The Kier molecular flexibility index (Phi) is 5.32. The first-order valence-corrected chi connectivity index (χ1v) is 9.71. The largest absolute Gasteiger partial charge is 0.444 e. The SMILES string of the molecule is CC(C)(C)OC(=O)Nc1ccc(C(=O)N2CCC[C@H]2c2ccsc2)cc1. The summed E-state index contributed by atoms with van der Waals surface area (Å²) in [5.41, 5.74) is 1.89. The van der Waals surface area contributed by atoms with Crippen LogP contribution >= 0.6 is 11.3 Å². The number of likely N-dealkylation sites (tertiary alicyclic amines) is 1. The summed E-state index contributed by atoms with van der Waals surface area (Å²) in [5, 5.41) is 6.84. The summed E-state index contributed by atoms with van der Waals surface area (Å²) in [7, 11) is 0. The molecule has 0 bridgehead atoms. The molecule has 0 spiro atoms. The van der Waals surface area contributed by atoms with Gasteiger partial charge in [0.05, 0.1) is 6.04 Å². The normalized spacial score (nSPS) is 17.2. The van der Waals surface area contributed by atoms with Gasteiger partial charge < -0.3 is 9.64 Å². The molecule has 1 fully saturated rings. The highest BCUT2D eigenvalue weighted by Crippen LogP contribution is 2.34. The number of benzene rings is 1. The first-order valence-electron chi connectivity index (χ1n) is 8.76. The van der Waals surface area contributed by atoms with Crippen LogP contribution in [0.5, 0.6) is 0 Å². The van der Waals surface area contributed by atoms with Crippen LogP contribution in [0.25, 0.3) is 0 Å². The molecule has 138 valence electrons. The molecule has 1 aromatic heterocycles. The molecule has 1 N–H and O–H groups in total. The lowest BCUT2D eigenvalue weighted by Crippen LogP contribution is -2.30. The molecule has 0 aliphatic carbocycles. The summed E-state index contributed by atoms with van der Waals surface area (Å²) in [6, 6.07) is 9.21. The Morgan fingerprint density at radius 1 is 1.19 bits per heavy atom. The molecule has 0 radical (unpaired) electrons. The number of ether oxygens (including phenoxy) is 1. The van der Waals surface area contributed by atoms with Crippen LogP contribution in [0.3, 0.4) is 0 Å². The van der Waals surface area contributed by atoms with E-state index in [2.05, 4.69) is 16.8 Å². The molecular formula is C20H24N2O3S. The standard InChI is InChI=1S/C20H24N2O3S/c1-20(2,3)25-19(24)21-16-8-6-14(7-9-16)18(23)22-11-4-5-17(22)15-10-12-26-13-15/h6-10,12-13,17H,4-5,11H2,1-3H3,(H,21,24)/t17-/m0/s1. The number of carbonyl (C=O) groups is 2. The number of hydrogen-bond donors (Lipinski definition) is 1. The predicted octanol–water partition coefficient (Wildman–Crippen LogP) is 5.07. The lowest BCUT2D eigenvalue weighted by Gasteiger charge is -2.24. The highest BCUT2D eigenvalue weighted by atomic mass is 32.1. The van der Waals surface area contributed by atoms with Crippen LogP contribution in [0.4, 0.5) is 10.5 Å². The lowest BCUT2D eigenvalue weighted by atomic mass is 10.1. The van der Waals surface area contributed by atoms with Crippen molar-refractivity contribution in [1.29, 1.82) is 0 Å². The first-order chi connectivity index (χ1) is 12.3. The molecule has 2 aromatic rings. The van der Waals surface area contributed by atoms with Gasteiger partial charge in [0.1, 0.15) is 5.60 Å². The fourth-order valence-corrected chi connectivity index (χ4v) is 3.81. The Morgan fingerprint density at radius 2 is 1.92 bits per heavy atom. The van der Waals surface area contributed by atoms with Crippen molar-refractivity contribution >= 4 is 29.0 Å². The molecule has 3 rings (SSSR count). The van der Waals surface area contributed by atoms with E-state index in [1.165, 1.54) is 5.56 Å². The van der Waals surface area contributed by atoms with E-state index in [1.54, 1.807) is 35.6 Å². The second kappa shape index (κ2) is 7.50. The summed E-state index contributed by atoms with van der Waals surface area (Å²) < 4.78 is 5.23. The smallest absolute Gasteiger partial charge is 0.412 e. The Balaban J connectivity index is 1.66. The van der Waals surface area contributed by atoms with E-state index in [4.69, 9.17) is 4.74 Å². The number of nitrogens with one attached hydrogen (secondary N) is 1. The van der Waals surface area contributed by atoms with Gasteiger partial charge in [-0.15, -0.1) is 0 Å². The van der Waals surface area contributed by atoms with Gasteiger partial charge in [-0.25, -0.2) is 4.79 Å². The Labute approximate surface area is 158 Å². The minimum atomic E-state index is -0.549. The number of thiophene rings is 1. The lowest BCUT2D eigenvalue weighted by molar-refractivity contribution is 0.0635. The summed E-state index contributed by atoms with van der Waals surface area (Å²) in [5.74, 6) is 0.0301. The van der Waals surface area contributed by atoms with Crippen LogP contribution in [0.1, 0.15) is 55.6 Å². The topological polar surface area (TPSA) is 58.6 Å². The molecule has 6 heteroatoms. The third-order valence-electron chi connectivity index (χ3n) is 4.22. The fraction of sp³-hybridized carbons (Fsp3) is 0.400. The maximum Gasteiger partial charge on any atom is 0.412 e. The van der Waals surface area contributed by atoms with Crippen LogP contribution < -0.4 is 5.32 Å². The molecule has 1 atom stereocenters. The van der Waals surface area contributed by atoms with E-state index in [1.807, 2.05) is 31.1 Å². The van der Waals surface area contributed by atoms with E-state index in [9.17, 15) is 9.59 Å². The number of hydrogen-bond acceptors (Lipinski definition) is 4. The predicted molar refractivity (Wildman–Crippen MR) is 104 cm³/mol. The number of amides is 2. The van der Waals surface area contributed by atoms with Gasteiger partial charge in [-0.2, -0.15) is 11.3 Å². The van der Waals surface area contributed by atoms with Crippen molar-refractivity contribution in [1.82, 2.24) is 4.90 Å². The van der Waals surface area contributed by atoms with Gasteiger partial charge in [0.15, 0.2) is 0 Å². The zero-order valence-corrected chi connectivity index (χ0v) is 16.1. The molecule has 0 unspecified atom stereocenters. The van der Waals surface area contributed by atoms with Crippen LogP contribution in [-0.4, -0.2) is 29.0 Å². The van der Waals surface area contributed by atoms with Crippen molar-refractivity contribution in [3.05, 3.63) is 52.2 Å². The first kappa shape index (κ1) is 18.5. The fourth-order valence-electron chi connectivity index (χ4n) is 3.10. The van der Waals surface area contributed by atoms with Gasteiger partial charge >= 0.3 is 6.09 Å². The zero-order chi connectivity index (χ0) is 18.7. The molecule has 1 aliphatic rings. The molecule has 2 amide bonds. The quantitative estimate of drug-likeness (QED) is 0.818. The third kappa shape index (κ3) is 4.43. The van der Waals surface area contributed by atoms with Gasteiger partial charge in [-0.05, 0) is 80.3 Å². The second-order valence-corrected chi connectivity index (χ2v) is 8.20. The van der Waals surface area contributed by atoms with E-state index in [-0.39, 0.29) is 11.9 Å². The number of rotatable bonds is 3. The van der Waals surface area contributed by atoms with Crippen molar-refractivity contribution in [3.63, 3.8) is 0 Å². The van der Waals surface area contributed by atoms with Crippen LogP contribution in [0.2, 0.25) is 0 Å². The number of nitrogens with zero attached hydrogens (tertiary/aromatic N) is 1. The minimum absolute atomic E-state index is 0.0301. The zero-order valence-electron chi connectivity index (χ0n) is 15.3. The van der Waals surface area contributed by atoms with E-state index < -0.39 is 11.7 Å². The highest BCUT2D eigenvalue weighted by Gasteiger charge is 2.30. The molecule has 0 saturated carbocycles. The minimum Gasteiger partial charge on any atom is -0.444 e. The number of carbonyl (C=O) groups excluding carboxylic acids is 2. The second-order valence-electron chi connectivity index (χ2n) is 7.42. The molecule has 2 heterocycles. The summed E-state index contributed by atoms with van der Waals surface area (Å²) in [4.78, 5) is 26.7. The summed E-state index contributed by atoms with van der Waals surface area (Å²) in [6.45, 7) is 6.22. The van der Waals surface area contributed by atoms with Crippen molar-refractivity contribution < 1.29 is 14.3 Å². The summed E-state index contributed by atoms with van der Waals surface area (Å²) >= 11 is 1.66. The van der Waals surface area contributed by atoms with E-state index >= 15 is 0 Å². The van der Waals surface area contributed by atoms with Crippen molar-refractivity contribution in [2.75, 3.05) is 11.9 Å². The molecule has 1 saturated heterocycles.